The van der Waals surface area contributed by atoms with Crippen LogP contribution in [-0.2, 0) is 4.74 Å². The second-order valence-electron chi connectivity index (χ2n) is 5.77. The zero-order chi connectivity index (χ0) is 13.0. The molecular weight excluding hydrogens is 244 g/mol. The molecule has 2 N–H and O–H groups in total. The molecule has 4 heteroatoms. The summed E-state index contributed by atoms with van der Waals surface area (Å²) in [5.74, 6) is 0. The van der Waals surface area contributed by atoms with E-state index >= 15 is 0 Å². The fourth-order valence-electron chi connectivity index (χ4n) is 3.56. The highest BCUT2D eigenvalue weighted by molar-refractivity contribution is 7.80. The quantitative estimate of drug-likeness (QED) is 0.797. The van der Waals surface area contributed by atoms with E-state index in [1.165, 1.54) is 38.5 Å². The summed E-state index contributed by atoms with van der Waals surface area (Å²) in [6.07, 6.45) is 8.81. The molecule has 0 aromatic carbocycles. The molecule has 2 rings (SSSR count). The highest BCUT2D eigenvalue weighted by Crippen LogP contribution is 2.39. The van der Waals surface area contributed by atoms with Crippen molar-refractivity contribution in [3.63, 3.8) is 0 Å². The van der Waals surface area contributed by atoms with Gasteiger partial charge in [-0.05, 0) is 32.2 Å². The molecule has 1 atom stereocenters. The SMILES string of the molecule is CCN(CC(N)=S)C1CCOC2(CCCCC2)C1. The molecular formula is C14H26N2OS. The van der Waals surface area contributed by atoms with Gasteiger partial charge in [0.25, 0.3) is 0 Å². The van der Waals surface area contributed by atoms with E-state index in [0.717, 1.165) is 26.1 Å². The summed E-state index contributed by atoms with van der Waals surface area (Å²) in [5.41, 5.74) is 5.88. The van der Waals surface area contributed by atoms with Gasteiger partial charge >= 0.3 is 0 Å². The summed E-state index contributed by atoms with van der Waals surface area (Å²) in [6, 6.07) is 0.600. The van der Waals surface area contributed by atoms with Crippen molar-refractivity contribution >= 4 is 17.2 Å². The molecule has 0 bridgehead atoms. The average Bonchev–Trinajstić information content (AvgIpc) is 2.36. The van der Waals surface area contributed by atoms with Crippen LogP contribution in [0, 0.1) is 0 Å². The average molecular weight is 270 g/mol. The Labute approximate surface area is 116 Å². The Balaban J connectivity index is 1.98. The summed E-state index contributed by atoms with van der Waals surface area (Å²) < 4.78 is 6.15. The first-order valence-electron chi connectivity index (χ1n) is 7.31. The standard InChI is InChI=1S/C14H26N2OS/c1-2-16(11-13(15)18)12-6-9-17-14(10-12)7-4-3-5-8-14/h12H,2-11H2,1H3,(H2,15,18). The van der Waals surface area contributed by atoms with Crippen LogP contribution in [0.15, 0.2) is 0 Å². The second-order valence-corrected chi connectivity index (χ2v) is 6.29. The maximum atomic E-state index is 6.15. The molecule has 104 valence electrons. The maximum Gasteiger partial charge on any atom is 0.0870 e. The lowest BCUT2D eigenvalue weighted by molar-refractivity contribution is -0.122. The van der Waals surface area contributed by atoms with Gasteiger partial charge < -0.3 is 10.5 Å². The van der Waals surface area contributed by atoms with Gasteiger partial charge in [-0.3, -0.25) is 4.90 Å². The van der Waals surface area contributed by atoms with Crippen molar-refractivity contribution in [3.8, 4) is 0 Å². The Bertz CT molecular complexity index is 284. The van der Waals surface area contributed by atoms with Gasteiger partial charge in [0.15, 0.2) is 0 Å². The van der Waals surface area contributed by atoms with Crippen molar-refractivity contribution in [1.29, 1.82) is 0 Å². The molecule has 2 aliphatic rings. The van der Waals surface area contributed by atoms with Crippen molar-refractivity contribution in [2.24, 2.45) is 5.73 Å². The number of hydrogen-bond donors (Lipinski definition) is 1. The monoisotopic (exact) mass is 270 g/mol. The third-order valence-corrected chi connectivity index (χ3v) is 4.64. The lowest BCUT2D eigenvalue weighted by Gasteiger charge is -2.46. The van der Waals surface area contributed by atoms with Gasteiger partial charge in [-0.1, -0.05) is 38.4 Å². The summed E-state index contributed by atoms with van der Waals surface area (Å²) in [6.45, 7) is 4.88. The molecule has 0 aromatic heterocycles. The number of ether oxygens (including phenoxy) is 1. The number of thiocarbonyl (C=S) groups is 1. The van der Waals surface area contributed by atoms with Crippen molar-refractivity contribution in [1.82, 2.24) is 4.90 Å². The Kier molecular flexibility index (Phi) is 4.98. The zero-order valence-electron chi connectivity index (χ0n) is 11.5. The van der Waals surface area contributed by atoms with E-state index in [4.69, 9.17) is 22.7 Å². The number of likely N-dealkylation sites (N-methyl/N-ethyl adjacent to an activating group) is 1. The Morgan fingerprint density at radius 3 is 2.72 bits per heavy atom. The van der Waals surface area contributed by atoms with Gasteiger partial charge in [0.2, 0.25) is 0 Å². The van der Waals surface area contributed by atoms with Crippen molar-refractivity contribution in [3.05, 3.63) is 0 Å². The summed E-state index contributed by atoms with van der Waals surface area (Å²) in [5, 5.41) is 0. The molecule has 1 saturated heterocycles. The third kappa shape index (κ3) is 3.43. The molecule has 1 heterocycles. The van der Waals surface area contributed by atoms with E-state index < -0.39 is 0 Å². The highest BCUT2D eigenvalue weighted by Gasteiger charge is 2.39. The zero-order valence-corrected chi connectivity index (χ0v) is 12.3. The Hall–Kier alpha value is -0.190. The van der Waals surface area contributed by atoms with Crippen LogP contribution in [0.4, 0.5) is 0 Å². The van der Waals surface area contributed by atoms with Crippen LogP contribution in [0.5, 0.6) is 0 Å². The largest absolute Gasteiger partial charge is 0.392 e. The fourth-order valence-corrected chi connectivity index (χ4v) is 3.72. The molecule has 3 nitrogen and oxygen atoms in total. The first-order valence-corrected chi connectivity index (χ1v) is 7.72. The van der Waals surface area contributed by atoms with Crippen molar-refractivity contribution in [2.45, 2.75) is 63.5 Å². The first kappa shape index (κ1) is 14.2. The molecule has 18 heavy (non-hydrogen) atoms. The molecule has 1 unspecified atom stereocenters. The molecule has 0 radical (unpaired) electrons. The minimum Gasteiger partial charge on any atom is -0.392 e. The van der Waals surface area contributed by atoms with Crippen molar-refractivity contribution < 1.29 is 4.74 Å². The van der Waals surface area contributed by atoms with E-state index in [1.54, 1.807) is 0 Å². The molecule has 0 aromatic rings. The number of nitrogens with zero attached hydrogens (tertiary/aromatic N) is 1. The number of rotatable bonds is 4. The predicted octanol–water partition coefficient (Wildman–Crippen LogP) is 2.48. The minimum atomic E-state index is 0.171. The predicted molar refractivity (Wildman–Crippen MR) is 78.8 cm³/mol. The fraction of sp³-hybridized carbons (Fsp3) is 0.929. The van der Waals surface area contributed by atoms with E-state index in [2.05, 4.69) is 11.8 Å². The first-order chi connectivity index (χ1) is 8.65. The van der Waals surface area contributed by atoms with Crippen LogP contribution in [0.2, 0.25) is 0 Å². The normalized spacial score (nSPS) is 27.6. The molecule has 1 spiro atoms. The lowest BCUT2D eigenvalue weighted by atomic mass is 9.78. The molecule has 1 aliphatic heterocycles. The van der Waals surface area contributed by atoms with E-state index in [-0.39, 0.29) is 5.60 Å². The maximum absolute atomic E-state index is 6.15. The summed E-state index contributed by atoms with van der Waals surface area (Å²) in [7, 11) is 0. The minimum absolute atomic E-state index is 0.171. The lowest BCUT2D eigenvalue weighted by Crippen LogP contribution is -2.51. The van der Waals surface area contributed by atoms with Crippen LogP contribution < -0.4 is 5.73 Å². The van der Waals surface area contributed by atoms with Crippen LogP contribution in [0.1, 0.15) is 51.9 Å². The van der Waals surface area contributed by atoms with Crippen molar-refractivity contribution in [2.75, 3.05) is 19.7 Å². The topological polar surface area (TPSA) is 38.5 Å². The van der Waals surface area contributed by atoms with Gasteiger partial charge in [-0.25, -0.2) is 0 Å². The molecule has 0 amide bonds. The van der Waals surface area contributed by atoms with Gasteiger partial charge in [0.1, 0.15) is 0 Å². The van der Waals surface area contributed by atoms with Gasteiger partial charge in [-0.15, -0.1) is 0 Å². The summed E-state index contributed by atoms with van der Waals surface area (Å²) >= 11 is 5.06. The molecule has 1 saturated carbocycles. The molecule has 2 fully saturated rings. The summed E-state index contributed by atoms with van der Waals surface area (Å²) in [4.78, 5) is 3.04. The Morgan fingerprint density at radius 1 is 1.39 bits per heavy atom. The van der Waals surface area contributed by atoms with Crippen LogP contribution in [-0.4, -0.2) is 41.2 Å². The van der Waals surface area contributed by atoms with Gasteiger partial charge in [0.05, 0.1) is 10.6 Å². The van der Waals surface area contributed by atoms with Crippen LogP contribution >= 0.6 is 12.2 Å². The second kappa shape index (κ2) is 6.31. The van der Waals surface area contributed by atoms with Crippen LogP contribution in [0.25, 0.3) is 0 Å². The van der Waals surface area contributed by atoms with E-state index in [9.17, 15) is 0 Å². The van der Waals surface area contributed by atoms with E-state index in [1.807, 2.05) is 0 Å². The smallest absolute Gasteiger partial charge is 0.0870 e. The number of hydrogen-bond acceptors (Lipinski definition) is 3. The van der Waals surface area contributed by atoms with Gasteiger partial charge in [-0.2, -0.15) is 0 Å². The van der Waals surface area contributed by atoms with E-state index in [0.29, 0.717) is 11.0 Å². The van der Waals surface area contributed by atoms with Gasteiger partial charge in [0, 0.05) is 19.2 Å². The molecule has 1 aliphatic carbocycles. The number of nitrogens with two attached hydrogens (primary N) is 1. The third-order valence-electron chi connectivity index (χ3n) is 4.51. The highest BCUT2D eigenvalue weighted by atomic mass is 32.1. The van der Waals surface area contributed by atoms with Crippen LogP contribution in [0.3, 0.4) is 0 Å². The Morgan fingerprint density at radius 2 is 2.11 bits per heavy atom.